The lowest BCUT2D eigenvalue weighted by atomic mass is 9.79. The molecule has 42 heavy (non-hydrogen) atoms. The summed E-state index contributed by atoms with van der Waals surface area (Å²) < 4.78 is 8.82. The fourth-order valence-corrected chi connectivity index (χ4v) is 7.96. The van der Waals surface area contributed by atoms with Crippen molar-refractivity contribution in [2.45, 2.75) is 122 Å². The van der Waals surface area contributed by atoms with Gasteiger partial charge in [-0.05, 0) is 106 Å². The molecular weight excluding hydrogens is 524 g/mol. The fourth-order valence-electron chi connectivity index (χ4n) is 7.96. The molecule has 1 aliphatic heterocycles. The van der Waals surface area contributed by atoms with E-state index in [2.05, 4.69) is 55.8 Å². The van der Waals surface area contributed by atoms with Gasteiger partial charge in [0.2, 0.25) is 0 Å². The number of carboxylic acid groups (broad SMARTS) is 1. The molecule has 2 heterocycles. The van der Waals surface area contributed by atoms with Gasteiger partial charge in [-0.25, -0.2) is 0 Å². The second kappa shape index (κ2) is 11.4. The van der Waals surface area contributed by atoms with E-state index in [0.29, 0.717) is 31.2 Å². The van der Waals surface area contributed by atoms with Crippen molar-refractivity contribution < 1.29 is 19.4 Å². The highest BCUT2D eigenvalue weighted by Crippen LogP contribution is 2.58. The standard InChI is InChI=1S/C36H50N2O4/c1-23-28(33(39)37-21-24-10-12-26(13-11-24)34(40)41)20-31(38(23)22-25-8-6-5-7-9-25)27-18-29(35(2,3)4)32-30(19-27)36(14-15-36)16-17-42-32/h18-20,24-26H,5-17,21-22H2,1-4H3,(H,37,39)(H,40,41)/t24-,26-. The van der Waals surface area contributed by atoms with Crippen LogP contribution >= 0.6 is 0 Å². The molecular formula is C36H50N2O4. The normalized spacial score (nSPS) is 23.7. The maximum atomic E-state index is 13.7. The first-order valence-electron chi connectivity index (χ1n) is 16.6. The Morgan fingerprint density at radius 2 is 1.69 bits per heavy atom. The first-order valence-corrected chi connectivity index (χ1v) is 16.6. The summed E-state index contributed by atoms with van der Waals surface area (Å²) in [6.45, 7) is 11.3. The number of hydrogen-bond acceptors (Lipinski definition) is 3. The summed E-state index contributed by atoms with van der Waals surface area (Å²) in [5.41, 5.74) is 7.04. The van der Waals surface area contributed by atoms with Gasteiger partial charge in [-0.3, -0.25) is 9.59 Å². The van der Waals surface area contributed by atoms with Crippen LogP contribution in [0.5, 0.6) is 5.75 Å². The predicted molar refractivity (Wildman–Crippen MR) is 166 cm³/mol. The third-order valence-electron chi connectivity index (χ3n) is 11.0. The molecule has 228 valence electrons. The minimum atomic E-state index is -0.684. The minimum Gasteiger partial charge on any atom is -0.493 e. The van der Waals surface area contributed by atoms with E-state index in [4.69, 9.17) is 4.74 Å². The molecule has 2 N–H and O–H groups in total. The highest BCUT2D eigenvalue weighted by atomic mass is 16.5. The molecule has 0 radical (unpaired) electrons. The Labute approximate surface area is 251 Å². The van der Waals surface area contributed by atoms with E-state index < -0.39 is 5.97 Å². The lowest BCUT2D eigenvalue weighted by Gasteiger charge is -2.33. The lowest BCUT2D eigenvalue weighted by molar-refractivity contribution is -0.143. The molecule has 0 unspecified atom stereocenters. The molecule has 3 fully saturated rings. The van der Waals surface area contributed by atoms with Gasteiger partial charge >= 0.3 is 5.97 Å². The van der Waals surface area contributed by atoms with Crippen molar-refractivity contribution in [3.63, 3.8) is 0 Å². The number of amides is 1. The molecule has 1 aromatic heterocycles. The summed E-state index contributed by atoms with van der Waals surface area (Å²) >= 11 is 0. The van der Waals surface area contributed by atoms with Crippen LogP contribution in [0.1, 0.15) is 125 Å². The van der Waals surface area contributed by atoms with E-state index >= 15 is 0 Å². The highest BCUT2D eigenvalue weighted by molar-refractivity contribution is 5.97. The van der Waals surface area contributed by atoms with Crippen LogP contribution in [0.25, 0.3) is 11.3 Å². The van der Waals surface area contributed by atoms with E-state index in [1.807, 2.05) is 0 Å². The number of carboxylic acids is 1. The van der Waals surface area contributed by atoms with Gasteiger partial charge in [0.1, 0.15) is 5.75 Å². The summed E-state index contributed by atoms with van der Waals surface area (Å²) in [6.07, 6.45) is 13.1. The van der Waals surface area contributed by atoms with E-state index in [-0.39, 0.29) is 22.7 Å². The number of ether oxygens (including phenoxy) is 1. The molecule has 0 bridgehead atoms. The molecule has 3 aliphatic carbocycles. The van der Waals surface area contributed by atoms with E-state index in [1.54, 1.807) is 0 Å². The number of aliphatic carboxylic acids is 1. The molecule has 3 saturated carbocycles. The predicted octanol–water partition coefficient (Wildman–Crippen LogP) is 7.78. The average Bonchev–Trinajstić information content (AvgIpc) is 3.67. The molecule has 4 aliphatic rings. The number of carbonyl (C=O) groups is 2. The number of rotatable bonds is 7. The topological polar surface area (TPSA) is 80.6 Å². The maximum Gasteiger partial charge on any atom is 0.306 e. The van der Waals surface area contributed by atoms with Gasteiger partial charge in [0.25, 0.3) is 5.91 Å². The number of nitrogens with one attached hydrogen (secondary N) is 1. The average molecular weight is 575 g/mol. The first-order chi connectivity index (χ1) is 20.1. The molecule has 1 amide bonds. The Balaban J connectivity index is 1.33. The van der Waals surface area contributed by atoms with Crippen molar-refractivity contribution in [2.24, 2.45) is 17.8 Å². The molecule has 6 rings (SSSR count). The number of hydrogen-bond donors (Lipinski definition) is 2. The molecule has 2 aromatic rings. The highest BCUT2D eigenvalue weighted by Gasteiger charge is 2.49. The van der Waals surface area contributed by atoms with Crippen LogP contribution in [-0.4, -0.2) is 34.7 Å². The second-order valence-electron chi connectivity index (χ2n) is 14.9. The van der Waals surface area contributed by atoms with Crippen LogP contribution in [0.3, 0.4) is 0 Å². The Bertz CT molecular complexity index is 1310. The lowest BCUT2D eigenvalue weighted by Crippen LogP contribution is -2.32. The van der Waals surface area contributed by atoms with Crippen molar-refractivity contribution in [1.82, 2.24) is 9.88 Å². The zero-order chi connectivity index (χ0) is 29.6. The van der Waals surface area contributed by atoms with Crippen molar-refractivity contribution in [1.29, 1.82) is 0 Å². The molecule has 0 atom stereocenters. The zero-order valence-electron chi connectivity index (χ0n) is 26.2. The van der Waals surface area contributed by atoms with Crippen LogP contribution in [0.4, 0.5) is 0 Å². The van der Waals surface area contributed by atoms with Gasteiger partial charge in [-0.2, -0.15) is 0 Å². The quantitative estimate of drug-likeness (QED) is 0.354. The Hall–Kier alpha value is -2.76. The fraction of sp³-hybridized carbons (Fsp3) is 0.667. The molecule has 6 nitrogen and oxygen atoms in total. The monoisotopic (exact) mass is 574 g/mol. The van der Waals surface area contributed by atoms with Gasteiger partial charge in [-0.15, -0.1) is 0 Å². The summed E-state index contributed by atoms with van der Waals surface area (Å²) in [5, 5.41) is 12.6. The molecule has 1 spiro atoms. The van der Waals surface area contributed by atoms with Crippen molar-refractivity contribution in [3.8, 4) is 17.0 Å². The van der Waals surface area contributed by atoms with Crippen LogP contribution in [0.2, 0.25) is 0 Å². The number of benzene rings is 1. The largest absolute Gasteiger partial charge is 0.493 e. The molecule has 6 heteroatoms. The van der Waals surface area contributed by atoms with Crippen molar-refractivity contribution in [2.75, 3.05) is 13.2 Å². The number of nitrogens with zero attached hydrogens (tertiary/aromatic N) is 1. The summed E-state index contributed by atoms with van der Waals surface area (Å²) in [4.78, 5) is 25.1. The van der Waals surface area contributed by atoms with Crippen molar-refractivity contribution in [3.05, 3.63) is 40.6 Å². The number of aromatic nitrogens is 1. The Kier molecular flexibility index (Phi) is 7.95. The third-order valence-corrected chi connectivity index (χ3v) is 11.0. The molecule has 0 saturated heterocycles. The van der Waals surface area contributed by atoms with E-state index in [0.717, 1.165) is 55.1 Å². The summed E-state index contributed by atoms with van der Waals surface area (Å²) in [6, 6.07) is 6.88. The third kappa shape index (κ3) is 5.75. The Morgan fingerprint density at radius 3 is 2.33 bits per heavy atom. The smallest absolute Gasteiger partial charge is 0.306 e. The van der Waals surface area contributed by atoms with Crippen LogP contribution in [0.15, 0.2) is 18.2 Å². The van der Waals surface area contributed by atoms with Crippen LogP contribution in [-0.2, 0) is 22.2 Å². The maximum absolute atomic E-state index is 13.7. The van der Waals surface area contributed by atoms with Gasteiger partial charge in [0.15, 0.2) is 0 Å². The SMILES string of the molecule is Cc1c(C(=O)NC[C@H]2CC[C@H](C(=O)O)CC2)cc(-c2cc(C(C)(C)C)c3c(c2)C2(CCO3)CC2)n1CC1CCCCC1. The summed E-state index contributed by atoms with van der Waals surface area (Å²) in [7, 11) is 0. The summed E-state index contributed by atoms with van der Waals surface area (Å²) in [5.74, 6) is 1.17. The van der Waals surface area contributed by atoms with E-state index in [1.165, 1.54) is 61.6 Å². The van der Waals surface area contributed by atoms with Gasteiger partial charge in [0, 0.05) is 41.0 Å². The second-order valence-corrected chi connectivity index (χ2v) is 14.9. The van der Waals surface area contributed by atoms with E-state index in [9.17, 15) is 14.7 Å². The Morgan fingerprint density at radius 1 is 0.976 bits per heavy atom. The number of carbonyl (C=O) groups excluding carboxylic acids is 1. The first kappa shape index (κ1) is 29.3. The zero-order valence-corrected chi connectivity index (χ0v) is 26.2. The number of fused-ring (bicyclic) bond motifs is 2. The van der Waals surface area contributed by atoms with Gasteiger partial charge in [-0.1, -0.05) is 40.0 Å². The van der Waals surface area contributed by atoms with Gasteiger partial charge in [0.05, 0.1) is 18.1 Å². The van der Waals surface area contributed by atoms with Crippen molar-refractivity contribution >= 4 is 11.9 Å². The van der Waals surface area contributed by atoms with Gasteiger partial charge < -0.3 is 19.7 Å². The van der Waals surface area contributed by atoms with Crippen LogP contribution < -0.4 is 10.1 Å². The molecule has 1 aromatic carbocycles. The minimum absolute atomic E-state index is 0.00694. The van der Waals surface area contributed by atoms with Crippen LogP contribution in [0, 0.1) is 24.7 Å².